The van der Waals surface area contributed by atoms with Gasteiger partial charge in [0, 0.05) is 30.2 Å². The molecule has 1 aromatic carbocycles. The van der Waals surface area contributed by atoms with Crippen molar-refractivity contribution in [2.45, 2.75) is 89.8 Å². The zero-order valence-corrected chi connectivity index (χ0v) is 21.0. The van der Waals surface area contributed by atoms with E-state index in [2.05, 4.69) is 19.2 Å². The number of benzene rings is 1. The first-order valence-corrected chi connectivity index (χ1v) is 13.0. The van der Waals surface area contributed by atoms with Gasteiger partial charge >= 0.3 is 0 Å². The number of amides is 2. The van der Waals surface area contributed by atoms with Crippen LogP contribution in [-0.4, -0.2) is 55.8 Å². The Balaban J connectivity index is 1.56. The van der Waals surface area contributed by atoms with Crippen molar-refractivity contribution in [1.82, 2.24) is 14.7 Å². The molecule has 2 amide bonds. The van der Waals surface area contributed by atoms with Crippen LogP contribution in [0.1, 0.15) is 91.4 Å². The van der Waals surface area contributed by atoms with Crippen LogP contribution in [0.15, 0.2) is 18.2 Å². The Labute approximate surface area is 206 Å². The number of aromatic nitrogens is 2. The van der Waals surface area contributed by atoms with Gasteiger partial charge in [-0.3, -0.25) is 9.59 Å². The molecular weight excluding hydrogens is 442 g/mol. The van der Waals surface area contributed by atoms with E-state index < -0.39 is 5.91 Å². The molecule has 5 rings (SSSR count). The van der Waals surface area contributed by atoms with E-state index in [-0.39, 0.29) is 23.6 Å². The zero-order valence-electron chi connectivity index (χ0n) is 21.0. The quantitative estimate of drug-likeness (QED) is 0.563. The summed E-state index contributed by atoms with van der Waals surface area (Å²) in [5, 5.41) is 18.4. The van der Waals surface area contributed by atoms with Gasteiger partial charge in [-0.05, 0) is 89.8 Å². The molecule has 2 fully saturated rings. The molecule has 188 valence electrons. The van der Waals surface area contributed by atoms with Gasteiger partial charge in [0.15, 0.2) is 0 Å². The highest BCUT2D eigenvalue weighted by Crippen LogP contribution is 2.38. The van der Waals surface area contributed by atoms with E-state index >= 15 is 0 Å². The second kappa shape index (κ2) is 8.97. The summed E-state index contributed by atoms with van der Waals surface area (Å²) in [6.45, 7) is 6.91. The van der Waals surface area contributed by atoms with Crippen molar-refractivity contribution < 1.29 is 14.7 Å². The number of anilines is 1. The Kier molecular flexibility index (Phi) is 6.11. The van der Waals surface area contributed by atoms with Gasteiger partial charge < -0.3 is 21.1 Å². The highest BCUT2D eigenvalue weighted by Gasteiger charge is 2.42. The van der Waals surface area contributed by atoms with Crippen LogP contribution >= 0.6 is 0 Å². The molecule has 35 heavy (non-hydrogen) atoms. The van der Waals surface area contributed by atoms with Crippen LogP contribution in [0.2, 0.25) is 0 Å². The predicted molar refractivity (Wildman–Crippen MR) is 135 cm³/mol. The van der Waals surface area contributed by atoms with E-state index in [0.29, 0.717) is 30.1 Å². The number of rotatable bonds is 7. The maximum absolute atomic E-state index is 13.6. The molecule has 0 radical (unpaired) electrons. The van der Waals surface area contributed by atoms with Gasteiger partial charge in [-0.25, -0.2) is 4.68 Å². The first-order valence-electron chi connectivity index (χ1n) is 13.0. The number of nitrogens with zero attached hydrogens (tertiary/aromatic N) is 3. The van der Waals surface area contributed by atoms with E-state index in [1.165, 1.54) is 12.8 Å². The second-order valence-electron chi connectivity index (χ2n) is 11.1. The van der Waals surface area contributed by atoms with Crippen molar-refractivity contribution in [2.75, 3.05) is 11.9 Å². The summed E-state index contributed by atoms with van der Waals surface area (Å²) in [5.74, 6) is 0.187. The standard InChI is InChI=1S/C27H37N5O3/c1-4-31-26(35)24-22(13-16-5-6-16)30-32(23(24)15-27(31,2)3)18-9-12-20(25(28)34)21(14-18)29-17-7-10-19(33)11-8-17/h9,12,14,16-17,19,29,33H,4-8,10-11,13,15H2,1-3H3,(H2,28,34). The van der Waals surface area contributed by atoms with Crippen LogP contribution in [0.5, 0.6) is 0 Å². The molecule has 1 aromatic heterocycles. The third-order valence-corrected chi connectivity index (χ3v) is 7.91. The fourth-order valence-corrected chi connectivity index (χ4v) is 5.79. The number of carbonyl (C=O) groups is 2. The number of aliphatic hydroxyl groups is 1. The molecule has 2 saturated carbocycles. The number of aliphatic hydroxyl groups excluding tert-OH is 1. The second-order valence-corrected chi connectivity index (χ2v) is 11.1. The molecule has 2 heterocycles. The maximum Gasteiger partial charge on any atom is 0.258 e. The van der Waals surface area contributed by atoms with Crippen LogP contribution in [0, 0.1) is 5.92 Å². The lowest BCUT2D eigenvalue weighted by atomic mass is 9.87. The molecule has 0 spiro atoms. The molecule has 1 aliphatic heterocycles. The van der Waals surface area contributed by atoms with Gasteiger partial charge in [0.25, 0.3) is 11.8 Å². The van der Waals surface area contributed by atoms with Gasteiger partial charge in [-0.1, -0.05) is 0 Å². The van der Waals surface area contributed by atoms with Crippen molar-refractivity contribution in [1.29, 1.82) is 0 Å². The number of hydrogen-bond donors (Lipinski definition) is 3. The van der Waals surface area contributed by atoms with E-state index in [1.807, 2.05) is 28.6 Å². The number of nitrogens with one attached hydrogen (secondary N) is 1. The number of likely N-dealkylation sites (N-methyl/N-ethyl adjacent to an activating group) is 1. The fraction of sp³-hybridized carbons (Fsp3) is 0.593. The zero-order chi connectivity index (χ0) is 24.9. The van der Waals surface area contributed by atoms with Crippen molar-refractivity contribution >= 4 is 17.5 Å². The summed E-state index contributed by atoms with van der Waals surface area (Å²) >= 11 is 0. The molecule has 0 atom stereocenters. The van der Waals surface area contributed by atoms with Crippen molar-refractivity contribution in [2.24, 2.45) is 11.7 Å². The van der Waals surface area contributed by atoms with E-state index in [0.717, 1.165) is 54.7 Å². The Morgan fingerprint density at radius 3 is 2.54 bits per heavy atom. The molecule has 0 saturated heterocycles. The summed E-state index contributed by atoms with van der Waals surface area (Å²) < 4.78 is 1.92. The summed E-state index contributed by atoms with van der Waals surface area (Å²) in [7, 11) is 0. The average Bonchev–Trinajstić information content (AvgIpc) is 3.55. The smallest absolute Gasteiger partial charge is 0.258 e. The van der Waals surface area contributed by atoms with Crippen LogP contribution < -0.4 is 11.1 Å². The predicted octanol–water partition coefficient (Wildman–Crippen LogP) is 3.44. The fourth-order valence-electron chi connectivity index (χ4n) is 5.79. The first kappa shape index (κ1) is 23.9. The Bertz CT molecular complexity index is 1140. The van der Waals surface area contributed by atoms with Gasteiger partial charge in [0.1, 0.15) is 0 Å². The number of primary amides is 1. The molecule has 8 heteroatoms. The van der Waals surface area contributed by atoms with E-state index in [1.54, 1.807) is 6.07 Å². The lowest BCUT2D eigenvalue weighted by molar-refractivity contribution is 0.0521. The minimum atomic E-state index is -0.485. The van der Waals surface area contributed by atoms with Crippen LogP contribution in [0.25, 0.3) is 5.69 Å². The minimum absolute atomic E-state index is 0.0634. The number of nitrogens with two attached hydrogens (primary N) is 1. The highest BCUT2D eigenvalue weighted by molar-refractivity contribution is 6.00. The highest BCUT2D eigenvalue weighted by atomic mass is 16.3. The monoisotopic (exact) mass is 479 g/mol. The van der Waals surface area contributed by atoms with Crippen LogP contribution in [0.3, 0.4) is 0 Å². The molecule has 0 unspecified atom stereocenters. The largest absolute Gasteiger partial charge is 0.393 e. The van der Waals surface area contributed by atoms with Crippen molar-refractivity contribution in [3.8, 4) is 5.69 Å². The lowest BCUT2D eigenvalue weighted by Crippen LogP contribution is -2.52. The SMILES string of the molecule is CCN1C(=O)c2c(CC3CC3)nn(-c3ccc(C(N)=O)c(NC4CCC(O)CC4)c3)c2CC1(C)C. The average molecular weight is 480 g/mol. The van der Waals surface area contributed by atoms with Crippen molar-refractivity contribution in [3.05, 3.63) is 40.7 Å². The number of fused-ring (bicyclic) bond motifs is 1. The third kappa shape index (κ3) is 4.56. The molecule has 4 N–H and O–H groups in total. The topological polar surface area (TPSA) is 113 Å². The maximum atomic E-state index is 13.6. The summed E-state index contributed by atoms with van der Waals surface area (Å²) in [6.07, 6.45) is 6.82. The molecule has 3 aliphatic rings. The van der Waals surface area contributed by atoms with Gasteiger partial charge in [0.2, 0.25) is 0 Å². The Morgan fingerprint density at radius 1 is 1.20 bits per heavy atom. The summed E-state index contributed by atoms with van der Waals surface area (Å²) in [6, 6.07) is 5.72. The number of hydrogen-bond acceptors (Lipinski definition) is 5. The minimum Gasteiger partial charge on any atom is -0.393 e. The van der Waals surface area contributed by atoms with Crippen LogP contribution in [0.4, 0.5) is 5.69 Å². The van der Waals surface area contributed by atoms with E-state index in [9.17, 15) is 14.7 Å². The van der Waals surface area contributed by atoms with Gasteiger partial charge in [0.05, 0.1) is 34.3 Å². The van der Waals surface area contributed by atoms with Crippen LogP contribution in [-0.2, 0) is 12.8 Å². The lowest BCUT2D eigenvalue weighted by Gasteiger charge is -2.41. The number of carbonyl (C=O) groups excluding carboxylic acids is 2. The normalized spacial score (nSPS) is 23.8. The molecule has 2 aromatic rings. The summed E-state index contributed by atoms with van der Waals surface area (Å²) in [5.41, 5.74) is 9.91. The Hall–Kier alpha value is -2.87. The van der Waals surface area contributed by atoms with Crippen molar-refractivity contribution in [3.63, 3.8) is 0 Å². The van der Waals surface area contributed by atoms with Gasteiger partial charge in [-0.2, -0.15) is 5.10 Å². The van der Waals surface area contributed by atoms with Gasteiger partial charge in [-0.15, -0.1) is 0 Å². The molecular formula is C27H37N5O3. The molecule has 2 aliphatic carbocycles. The summed E-state index contributed by atoms with van der Waals surface area (Å²) in [4.78, 5) is 27.8. The molecule has 0 bridgehead atoms. The first-order chi connectivity index (χ1) is 16.7. The molecule has 8 nitrogen and oxygen atoms in total. The van der Waals surface area contributed by atoms with E-state index in [4.69, 9.17) is 10.8 Å². The Morgan fingerprint density at radius 2 is 1.91 bits per heavy atom. The third-order valence-electron chi connectivity index (χ3n) is 7.91.